The van der Waals surface area contributed by atoms with Gasteiger partial charge in [0.1, 0.15) is 13.2 Å². The lowest BCUT2D eigenvalue weighted by atomic mass is 10.1. The minimum Gasteiger partial charge on any atom is -0.486 e. The number of hydrogen-bond acceptors (Lipinski definition) is 5. The van der Waals surface area contributed by atoms with E-state index in [9.17, 15) is 4.79 Å². The number of benzene rings is 2. The first kappa shape index (κ1) is 18.0. The van der Waals surface area contributed by atoms with Crippen molar-refractivity contribution in [2.75, 3.05) is 18.5 Å². The number of fused-ring (bicyclic) bond motifs is 2. The summed E-state index contributed by atoms with van der Waals surface area (Å²) in [5.74, 6) is 0.936. The molecule has 0 spiro atoms. The predicted octanol–water partition coefficient (Wildman–Crippen LogP) is 4.90. The molecule has 0 bridgehead atoms. The van der Waals surface area contributed by atoms with E-state index in [-0.39, 0.29) is 12.3 Å². The molecule has 5 rings (SSSR count). The van der Waals surface area contributed by atoms with Crippen molar-refractivity contribution < 1.29 is 14.3 Å². The van der Waals surface area contributed by atoms with Crippen LogP contribution in [-0.4, -0.2) is 29.1 Å². The Hall–Kier alpha value is -3.03. The van der Waals surface area contributed by atoms with E-state index in [2.05, 4.69) is 15.3 Å². The van der Waals surface area contributed by atoms with Gasteiger partial charge in [0.25, 0.3) is 0 Å². The Morgan fingerprint density at radius 3 is 3.03 bits per heavy atom. The molecule has 1 amide bonds. The fraction of sp³-hybridized carbons (Fsp3) is 0.143. The molecule has 1 aliphatic heterocycles. The fourth-order valence-corrected chi connectivity index (χ4v) is 4.37. The number of nitrogens with one attached hydrogen (secondary N) is 2. The molecule has 2 aromatic heterocycles. The molecule has 0 saturated heterocycles. The summed E-state index contributed by atoms with van der Waals surface area (Å²) in [5, 5.41) is 6.90. The number of para-hydroxylation sites is 1. The maximum Gasteiger partial charge on any atom is 0.230 e. The predicted molar refractivity (Wildman–Crippen MR) is 114 cm³/mol. The SMILES string of the molecule is O=C(Cc1cc(Cl)c2c(c1)OCCO2)Nc1nc(-c2c[nH]c3ccccc23)cs1. The zero-order valence-corrected chi connectivity index (χ0v) is 16.8. The first-order valence-electron chi connectivity index (χ1n) is 9.07. The lowest BCUT2D eigenvalue weighted by Crippen LogP contribution is -2.17. The quantitative estimate of drug-likeness (QED) is 0.487. The van der Waals surface area contributed by atoms with E-state index in [0.29, 0.717) is 34.9 Å². The van der Waals surface area contributed by atoms with Crippen LogP contribution in [0.3, 0.4) is 0 Å². The van der Waals surface area contributed by atoms with E-state index in [4.69, 9.17) is 21.1 Å². The monoisotopic (exact) mass is 425 g/mol. The summed E-state index contributed by atoms with van der Waals surface area (Å²) in [6, 6.07) is 11.6. The summed E-state index contributed by atoms with van der Waals surface area (Å²) in [6.07, 6.45) is 2.10. The molecule has 2 N–H and O–H groups in total. The zero-order valence-electron chi connectivity index (χ0n) is 15.2. The summed E-state index contributed by atoms with van der Waals surface area (Å²) in [7, 11) is 0. The molecular weight excluding hydrogens is 410 g/mol. The normalized spacial score (nSPS) is 12.9. The lowest BCUT2D eigenvalue weighted by molar-refractivity contribution is -0.115. The molecule has 2 aromatic carbocycles. The van der Waals surface area contributed by atoms with Crippen LogP contribution in [-0.2, 0) is 11.2 Å². The summed E-state index contributed by atoms with van der Waals surface area (Å²) >= 11 is 7.64. The van der Waals surface area contributed by atoms with Crippen molar-refractivity contribution in [2.45, 2.75) is 6.42 Å². The molecule has 0 aliphatic carbocycles. The van der Waals surface area contributed by atoms with E-state index in [1.54, 1.807) is 12.1 Å². The van der Waals surface area contributed by atoms with Gasteiger partial charge in [0, 0.05) is 28.0 Å². The summed E-state index contributed by atoms with van der Waals surface area (Å²) < 4.78 is 11.1. The van der Waals surface area contributed by atoms with Gasteiger partial charge in [-0.25, -0.2) is 4.98 Å². The molecule has 1 aliphatic rings. The Balaban J connectivity index is 1.31. The zero-order chi connectivity index (χ0) is 19.8. The number of anilines is 1. The molecule has 6 nitrogen and oxygen atoms in total. The standard InChI is InChI=1S/C21H16ClN3O3S/c22-15-7-12(8-18-20(15)28-6-5-27-18)9-19(26)25-21-24-17(11-29-21)14-10-23-16-4-2-1-3-13(14)16/h1-4,7-8,10-11,23H,5-6,9H2,(H,24,25,26). The van der Waals surface area contributed by atoms with Gasteiger partial charge in [-0.3, -0.25) is 4.79 Å². The largest absolute Gasteiger partial charge is 0.486 e. The number of carbonyl (C=O) groups excluding carboxylic acids is 1. The van der Waals surface area contributed by atoms with Gasteiger partial charge in [-0.2, -0.15) is 0 Å². The molecule has 0 saturated carbocycles. The van der Waals surface area contributed by atoms with Crippen LogP contribution >= 0.6 is 22.9 Å². The molecule has 29 heavy (non-hydrogen) atoms. The van der Waals surface area contributed by atoms with Crippen molar-refractivity contribution in [1.29, 1.82) is 0 Å². The highest BCUT2D eigenvalue weighted by Gasteiger charge is 2.18. The van der Waals surface area contributed by atoms with Gasteiger partial charge in [0.15, 0.2) is 16.6 Å². The number of carbonyl (C=O) groups is 1. The summed E-state index contributed by atoms with van der Waals surface area (Å²) in [6.45, 7) is 0.935. The van der Waals surface area contributed by atoms with Crippen molar-refractivity contribution in [3.63, 3.8) is 0 Å². The highest BCUT2D eigenvalue weighted by molar-refractivity contribution is 7.14. The Bertz CT molecular complexity index is 1220. The van der Waals surface area contributed by atoms with Crippen molar-refractivity contribution in [3.8, 4) is 22.8 Å². The molecule has 3 heterocycles. The first-order chi connectivity index (χ1) is 14.2. The number of amides is 1. The second-order valence-corrected chi connectivity index (χ2v) is 7.88. The highest BCUT2D eigenvalue weighted by Crippen LogP contribution is 2.38. The van der Waals surface area contributed by atoms with Crippen LogP contribution in [0.5, 0.6) is 11.5 Å². The van der Waals surface area contributed by atoms with Crippen LogP contribution in [0.2, 0.25) is 5.02 Å². The lowest BCUT2D eigenvalue weighted by Gasteiger charge is -2.20. The van der Waals surface area contributed by atoms with Crippen LogP contribution in [0.15, 0.2) is 48.0 Å². The summed E-state index contributed by atoms with van der Waals surface area (Å²) in [4.78, 5) is 20.3. The van der Waals surface area contributed by atoms with Crippen LogP contribution in [0, 0.1) is 0 Å². The minimum atomic E-state index is -0.169. The van der Waals surface area contributed by atoms with Crippen LogP contribution in [0.1, 0.15) is 5.56 Å². The second kappa shape index (κ2) is 7.42. The maximum atomic E-state index is 12.5. The Kier molecular flexibility index (Phi) is 4.61. The number of hydrogen-bond donors (Lipinski definition) is 2. The van der Waals surface area contributed by atoms with Gasteiger partial charge >= 0.3 is 0 Å². The number of rotatable bonds is 4. The van der Waals surface area contributed by atoms with E-state index in [1.165, 1.54) is 11.3 Å². The third-order valence-electron chi connectivity index (χ3n) is 4.64. The average molecular weight is 426 g/mol. The van der Waals surface area contributed by atoms with Gasteiger partial charge in [-0.15, -0.1) is 11.3 Å². The van der Waals surface area contributed by atoms with Crippen molar-refractivity contribution >= 4 is 44.9 Å². The number of thiazole rings is 1. The van der Waals surface area contributed by atoms with Gasteiger partial charge in [0.05, 0.1) is 17.1 Å². The second-order valence-electron chi connectivity index (χ2n) is 6.61. The Morgan fingerprint density at radius 1 is 1.24 bits per heavy atom. The molecule has 0 atom stereocenters. The van der Waals surface area contributed by atoms with E-state index in [1.807, 2.05) is 35.8 Å². The fourth-order valence-electron chi connectivity index (χ4n) is 3.35. The number of ether oxygens (including phenoxy) is 2. The first-order valence-corrected chi connectivity index (χ1v) is 10.3. The number of H-pyrrole nitrogens is 1. The maximum absolute atomic E-state index is 12.5. The smallest absolute Gasteiger partial charge is 0.230 e. The van der Waals surface area contributed by atoms with E-state index < -0.39 is 0 Å². The van der Waals surface area contributed by atoms with Crippen molar-refractivity contribution in [1.82, 2.24) is 9.97 Å². The minimum absolute atomic E-state index is 0.165. The van der Waals surface area contributed by atoms with Gasteiger partial charge < -0.3 is 19.8 Å². The Labute approximate surface area is 175 Å². The topological polar surface area (TPSA) is 76.2 Å². The Morgan fingerprint density at radius 2 is 2.10 bits per heavy atom. The van der Waals surface area contributed by atoms with Crippen molar-refractivity contribution in [2.24, 2.45) is 0 Å². The van der Waals surface area contributed by atoms with Crippen molar-refractivity contribution in [3.05, 3.63) is 58.6 Å². The summed E-state index contributed by atoms with van der Waals surface area (Å²) in [5.41, 5.74) is 3.64. The number of aromatic amines is 1. The number of halogens is 1. The molecule has 8 heteroatoms. The average Bonchev–Trinajstić information content (AvgIpc) is 3.34. The molecular formula is C21H16ClN3O3S. The number of nitrogens with zero attached hydrogens (tertiary/aromatic N) is 1. The van der Waals surface area contributed by atoms with Gasteiger partial charge in [0.2, 0.25) is 5.91 Å². The van der Waals surface area contributed by atoms with E-state index >= 15 is 0 Å². The third-order valence-corrected chi connectivity index (χ3v) is 5.68. The highest BCUT2D eigenvalue weighted by atomic mass is 35.5. The molecule has 146 valence electrons. The van der Waals surface area contributed by atoms with Crippen LogP contribution < -0.4 is 14.8 Å². The molecule has 4 aromatic rings. The molecule has 0 unspecified atom stereocenters. The molecule has 0 fully saturated rings. The third kappa shape index (κ3) is 3.54. The van der Waals surface area contributed by atoms with Gasteiger partial charge in [-0.05, 0) is 23.8 Å². The molecule has 0 radical (unpaired) electrons. The number of aromatic nitrogens is 2. The van der Waals surface area contributed by atoms with Crippen LogP contribution in [0.4, 0.5) is 5.13 Å². The van der Waals surface area contributed by atoms with Crippen LogP contribution in [0.25, 0.3) is 22.2 Å². The van der Waals surface area contributed by atoms with E-state index in [0.717, 1.165) is 27.7 Å². The van der Waals surface area contributed by atoms with Gasteiger partial charge in [-0.1, -0.05) is 29.8 Å².